The molecule has 0 unspecified atom stereocenters. The number of hydrogen-bond acceptors (Lipinski definition) is 3. The van der Waals surface area contributed by atoms with Gasteiger partial charge in [0.1, 0.15) is 6.54 Å². The van der Waals surface area contributed by atoms with Gasteiger partial charge >= 0.3 is 12.1 Å². The summed E-state index contributed by atoms with van der Waals surface area (Å²) in [4.78, 5) is 23.7. The van der Waals surface area contributed by atoms with Gasteiger partial charge in [0.15, 0.2) is 0 Å². The molecule has 0 heterocycles. The highest BCUT2D eigenvalue weighted by Gasteiger charge is 2.36. The third kappa shape index (κ3) is 6.35. The minimum atomic E-state index is -4.38. The summed E-state index contributed by atoms with van der Waals surface area (Å²) in [5.41, 5.74) is 0. The lowest BCUT2D eigenvalue weighted by molar-refractivity contribution is -0.166. The Morgan fingerprint density at radius 2 is 1.76 bits per heavy atom. The van der Waals surface area contributed by atoms with Crippen LogP contribution >= 0.6 is 0 Å². The zero-order chi connectivity index (χ0) is 16.0. The van der Waals surface area contributed by atoms with Gasteiger partial charge in [0.2, 0.25) is 5.91 Å². The maximum absolute atomic E-state index is 12.5. The quantitative estimate of drug-likeness (QED) is 0.734. The van der Waals surface area contributed by atoms with Crippen LogP contribution in [0.2, 0.25) is 0 Å². The number of halogens is 3. The molecule has 1 amide bonds. The van der Waals surface area contributed by atoms with E-state index in [1.54, 1.807) is 6.92 Å². The van der Waals surface area contributed by atoms with Crippen LogP contribution in [0.3, 0.4) is 0 Å². The number of carbonyl (C=O) groups is 2. The van der Waals surface area contributed by atoms with Crippen LogP contribution in [0, 0.1) is 5.92 Å². The average Bonchev–Trinajstić information content (AvgIpc) is 2.36. The van der Waals surface area contributed by atoms with E-state index in [2.05, 4.69) is 0 Å². The largest absolute Gasteiger partial charge is 0.466 e. The van der Waals surface area contributed by atoms with Gasteiger partial charge in [-0.1, -0.05) is 0 Å². The van der Waals surface area contributed by atoms with Crippen molar-refractivity contribution in [1.29, 1.82) is 0 Å². The maximum atomic E-state index is 12.5. The molecule has 1 aliphatic carbocycles. The Kier molecular flexibility index (Phi) is 6.48. The van der Waals surface area contributed by atoms with E-state index in [4.69, 9.17) is 4.74 Å². The Morgan fingerprint density at radius 1 is 1.19 bits per heavy atom. The highest BCUT2D eigenvalue weighted by molar-refractivity contribution is 5.73. The lowest BCUT2D eigenvalue weighted by Gasteiger charge is -2.36. The van der Waals surface area contributed by atoms with Gasteiger partial charge in [-0.25, -0.2) is 0 Å². The van der Waals surface area contributed by atoms with Gasteiger partial charge in [-0.2, -0.15) is 13.2 Å². The number of nitrogens with zero attached hydrogens (tertiary/aromatic N) is 1. The minimum Gasteiger partial charge on any atom is -0.466 e. The number of amides is 1. The van der Waals surface area contributed by atoms with Crippen LogP contribution in [0.1, 0.15) is 46.0 Å². The highest BCUT2D eigenvalue weighted by Crippen LogP contribution is 2.31. The summed E-state index contributed by atoms with van der Waals surface area (Å²) < 4.78 is 42.4. The molecule has 0 saturated heterocycles. The highest BCUT2D eigenvalue weighted by atomic mass is 19.4. The molecule has 0 spiro atoms. The zero-order valence-corrected chi connectivity index (χ0v) is 12.4. The van der Waals surface area contributed by atoms with Crippen LogP contribution in [-0.4, -0.2) is 42.1 Å². The molecule has 7 heteroatoms. The smallest absolute Gasteiger partial charge is 0.406 e. The van der Waals surface area contributed by atoms with Crippen LogP contribution in [0.5, 0.6) is 0 Å². The summed E-state index contributed by atoms with van der Waals surface area (Å²) in [6, 6.07) is -0.387. The molecule has 0 atom stereocenters. The number of alkyl halides is 3. The number of carbonyl (C=O) groups excluding carboxylic acids is 2. The molecule has 0 aromatic heterocycles. The first-order valence-electron chi connectivity index (χ1n) is 7.22. The van der Waals surface area contributed by atoms with Gasteiger partial charge in [-0.05, 0) is 38.5 Å². The molecule has 1 fully saturated rings. The number of rotatable bonds is 5. The Balaban J connectivity index is 2.49. The van der Waals surface area contributed by atoms with Crippen molar-refractivity contribution < 1.29 is 27.5 Å². The Morgan fingerprint density at radius 3 is 2.19 bits per heavy atom. The molecule has 21 heavy (non-hydrogen) atoms. The van der Waals surface area contributed by atoms with E-state index in [0.717, 1.165) is 11.8 Å². The summed E-state index contributed by atoms with van der Waals surface area (Å²) in [5, 5.41) is 0. The summed E-state index contributed by atoms with van der Waals surface area (Å²) in [5.74, 6) is -0.680. The van der Waals surface area contributed by atoms with Gasteiger partial charge in [-0.3, -0.25) is 9.59 Å². The molecule has 0 aromatic carbocycles. The Bertz CT molecular complexity index is 363. The SMILES string of the molecule is CCOC(=O)CC1CCC(N(CC(F)(F)F)C(C)=O)CC1. The third-order valence-corrected chi connectivity index (χ3v) is 3.77. The van der Waals surface area contributed by atoms with Crippen molar-refractivity contribution in [3.63, 3.8) is 0 Å². The summed E-state index contributed by atoms with van der Waals surface area (Å²) in [7, 11) is 0. The zero-order valence-electron chi connectivity index (χ0n) is 12.4. The Labute approximate surface area is 122 Å². The van der Waals surface area contributed by atoms with Crippen molar-refractivity contribution in [2.75, 3.05) is 13.2 Å². The molecule has 0 aromatic rings. The maximum Gasteiger partial charge on any atom is 0.406 e. The van der Waals surface area contributed by atoms with E-state index in [-0.39, 0.29) is 17.9 Å². The van der Waals surface area contributed by atoms with Gasteiger partial charge in [0.25, 0.3) is 0 Å². The van der Waals surface area contributed by atoms with Crippen molar-refractivity contribution in [3.05, 3.63) is 0 Å². The third-order valence-electron chi connectivity index (χ3n) is 3.77. The second kappa shape index (κ2) is 7.66. The van der Waals surface area contributed by atoms with Crippen molar-refractivity contribution in [3.8, 4) is 0 Å². The molecule has 1 saturated carbocycles. The fourth-order valence-electron chi connectivity index (χ4n) is 2.81. The van der Waals surface area contributed by atoms with Crippen LogP contribution in [0.25, 0.3) is 0 Å². The average molecular weight is 309 g/mol. The molecule has 1 aliphatic rings. The topological polar surface area (TPSA) is 46.6 Å². The van der Waals surface area contributed by atoms with Crippen LogP contribution in [0.4, 0.5) is 13.2 Å². The second-order valence-corrected chi connectivity index (χ2v) is 5.45. The number of hydrogen-bond donors (Lipinski definition) is 0. The Hall–Kier alpha value is -1.27. The second-order valence-electron chi connectivity index (χ2n) is 5.45. The van der Waals surface area contributed by atoms with E-state index in [9.17, 15) is 22.8 Å². The number of ether oxygens (including phenoxy) is 1. The predicted molar refractivity (Wildman–Crippen MR) is 70.4 cm³/mol. The molecule has 1 rings (SSSR count). The molecule has 122 valence electrons. The summed E-state index contributed by atoms with van der Waals surface area (Å²) >= 11 is 0. The lowest BCUT2D eigenvalue weighted by Crippen LogP contribution is -2.46. The van der Waals surface area contributed by atoms with Crippen molar-refractivity contribution >= 4 is 11.9 Å². The van der Waals surface area contributed by atoms with Crippen molar-refractivity contribution in [2.24, 2.45) is 5.92 Å². The van der Waals surface area contributed by atoms with E-state index >= 15 is 0 Å². The van der Waals surface area contributed by atoms with Crippen molar-refractivity contribution in [2.45, 2.75) is 58.2 Å². The molecule has 4 nitrogen and oxygen atoms in total. The summed E-state index contributed by atoms with van der Waals surface area (Å²) in [6.07, 6.45) is -1.79. The first-order chi connectivity index (χ1) is 9.73. The predicted octanol–water partition coefficient (Wildman–Crippen LogP) is 2.91. The summed E-state index contributed by atoms with van der Waals surface area (Å²) in [6.45, 7) is 2.03. The molecule has 0 aliphatic heterocycles. The van der Waals surface area contributed by atoms with E-state index in [0.29, 0.717) is 38.7 Å². The normalized spacial score (nSPS) is 22.7. The van der Waals surface area contributed by atoms with E-state index in [1.165, 1.54) is 0 Å². The first-order valence-corrected chi connectivity index (χ1v) is 7.22. The van der Waals surface area contributed by atoms with Gasteiger partial charge in [-0.15, -0.1) is 0 Å². The first kappa shape index (κ1) is 17.8. The van der Waals surface area contributed by atoms with Gasteiger partial charge in [0, 0.05) is 19.4 Å². The number of esters is 1. The monoisotopic (exact) mass is 309 g/mol. The standard InChI is InChI=1S/C14H22F3NO3/c1-3-21-13(20)8-11-4-6-12(7-5-11)18(10(2)19)9-14(15,16)17/h11-12H,3-9H2,1-2H3. The fourth-order valence-corrected chi connectivity index (χ4v) is 2.81. The molecule has 0 radical (unpaired) electrons. The van der Waals surface area contributed by atoms with Gasteiger partial charge < -0.3 is 9.64 Å². The van der Waals surface area contributed by atoms with Gasteiger partial charge in [0.05, 0.1) is 6.61 Å². The minimum absolute atomic E-state index is 0.139. The van der Waals surface area contributed by atoms with E-state index in [1.807, 2.05) is 0 Å². The van der Waals surface area contributed by atoms with Crippen LogP contribution in [-0.2, 0) is 14.3 Å². The van der Waals surface area contributed by atoms with Crippen LogP contribution < -0.4 is 0 Å². The molecular weight excluding hydrogens is 287 g/mol. The van der Waals surface area contributed by atoms with E-state index < -0.39 is 18.6 Å². The molecule has 0 bridgehead atoms. The van der Waals surface area contributed by atoms with Crippen LogP contribution in [0.15, 0.2) is 0 Å². The molecule has 0 N–H and O–H groups in total. The lowest BCUT2D eigenvalue weighted by atomic mass is 9.83. The fraction of sp³-hybridized carbons (Fsp3) is 0.857. The molecular formula is C14H22F3NO3. The van der Waals surface area contributed by atoms with Crippen molar-refractivity contribution in [1.82, 2.24) is 4.90 Å².